The molecular weight excluding hydrogens is 270 g/mol. The molecule has 19 heavy (non-hydrogen) atoms. The summed E-state index contributed by atoms with van der Waals surface area (Å²) in [4.78, 5) is 4.04. The molecule has 0 fully saturated rings. The van der Waals surface area contributed by atoms with Crippen LogP contribution in [0.15, 0.2) is 11.2 Å². The molecule has 0 aliphatic rings. The van der Waals surface area contributed by atoms with Crippen molar-refractivity contribution in [1.29, 1.82) is 0 Å². The van der Waals surface area contributed by atoms with Crippen LogP contribution in [0.5, 0.6) is 0 Å². The van der Waals surface area contributed by atoms with E-state index in [1.165, 1.54) is 13.3 Å². The summed E-state index contributed by atoms with van der Waals surface area (Å²) in [6.45, 7) is 4.42. The standard InChI is InChI=1S/C11H21N3O4S/c1-4-14-7-11(12-9(14)2)19(16,17)13-10(5-6-15)8-18-3/h7,10,13,15H,4-6,8H2,1-3H3. The number of imidazole rings is 1. The predicted octanol–water partition coefficient (Wildman–Crippen LogP) is -0.113. The highest BCUT2D eigenvalue weighted by molar-refractivity contribution is 7.89. The molecule has 0 saturated heterocycles. The number of aliphatic hydroxyl groups excluding tert-OH is 1. The second kappa shape index (κ2) is 6.99. The molecule has 0 aliphatic carbocycles. The number of aliphatic hydroxyl groups is 1. The Balaban J connectivity index is 2.89. The van der Waals surface area contributed by atoms with Gasteiger partial charge in [0, 0.05) is 32.5 Å². The monoisotopic (exact) mass is 291 g/mol. The molecule has 0 aliphatic heterocycles. The Hall–Kier alpha value is -0.960. The third kappa shape index (κ3) is 4.27. The molecule has 7 nitrogen and oxygen atoms in total. The molecule has 1 unspecified atom stereocenters. The number of aryl methyl sites for hydroxylation is 2. The number of methoxy groups -OCH3 is 1. The maximum absolute atomic E-state index is 12.1. The largest absolute Gasteiger partial charge is 0.396 e. The van der Waals surface area contributed by atoms with Crippen molar-refractivity contribution in [2.45, 2.75) is 37.9 Å². The van der Waals surface area contributed by atoms with Crippen molar-refractivity contribution in [2.24, 2.45) is 0 Å². The molecule has 0 aromatic carbocycles. The van der Waals surface area contributed by atoms with Crippen LogP contribution < -0.4 is 4.72 Å². The normalized spacial score (nSPS) is 13.7. The number of nitrogens with one attached hydrogen (secondary N) is 1. The first-order valence-electron chi connectivity index (χ1n) is 6.10. The predicted molar refractivity (Wildman–Crippen MR) is 70.3 cm³/mol. The molecule has 2 N–H and O–H groups in total. The van der Waals surface area contributed by atoms with E-state index in [4.69, 9.17) is 9.84 Å². The second-order valence-electron chi connectivity index (χ2n) is 4.20. The van der Waals surface area contributed by atoms with Crippen LogP contribution in [0.2, 0.25) is 0 Å². The lowest BCUT2D eigenvalue weighted by atomic mass is 10.2. The summed E-state index contributed by atoms with van der Waals surface area (Å²) < 4.78 is 33.5. The highest BCUT2D eigenvalue weighted by Crippen LogP contribution is 2.10. The summed E-state index contributed by atoms with van der Waals surface area (Å²) in [7, 11) is -2.21. The van der Waals surface area contributed by atoms with Crippen molar-refractivity contribution in [2.75, 3.05) is 20.3 Å². The Morgan fingerprint density at radius 3 is 2.74 bits per heavy atom. The summed E-state index contributed by atoms with van der Waals surface area (Å²) in [5, 5.41) is 8.90. The molecule has 0 spiro atoms. The molecule has 1 aromatic heterocycles. The minimum Gasteiger partial charge on any atom is -0.396 e. The van der Waals surface area contributed by atoms with Crippen LogP contribution in [0, 0.1) is 6.92 Å². The molecule has 8 heteroatoms. The average molecular weight is 291 g/mol. The Morgan fingerprint density at radius 1 is 1.58 bits per heavy atom. The first-order valence-corrected chi connectivity index (χ1v) is 7.58. The number of hydrogen-bond acceptors (Lipinski definition) is 5. The van der Waals surface area contributed by atoms with Gasteiger partial charge in [0.15, 0.2) is 5.03 Å². The minimum absolute atomic E-state index is 0.00843. The van der Waals surface area contributed by atoms with Crippen LogP contribution in [0.25, 0.3) is 0 Å². The fourth-order valence-corrected chi connectivity index (χ4v) is 3.01. The van der Waals surface area contributed by atoms with Crippen molar-refractivity contribution in [3.63, 3.8) is 0 Å². The van der Waals surface area contributed by atoms with Crippen LogP contribution in [-0.2, 0) is 21.3 Å². The van der Waals surface area contributed by atoms with Gasteiger partial charge < -0.3 is 14.4 Å². The van der Waals surface area contributed by atoms with Gasteiger partial charge in [-0.1, -0.05) is 0 Å². The van der Waals surface area contributed by atoms with Gasteiger partial charge in [-0.05, 0) is 20.3 Å². The summed E-state index contributed by atoms with van der Waals surface area (Å²) >= 11 is 0. The van der Waals surface area contributed by atoms with Crippen molar-refractivity contribution >= 4 is 10.0 Å². The van der Waals surface area contributed by atoms with E-state index in [2.05, 4.69) is 9.71 Å². The molecule has 0 bridgehead atoms. The van der Waals surface area contributed by atoms with Gasteiger partial charge >= 0.3 is 0 Å². The molecular formula is C11H21N3O4S. The number of sulfonamides is 1. The van der Waals surface area contributed by atoms with Crippen molar-refractivity contribution in [1.82, 2.24) is 14.3 Å². The Bertz CT molecular complexity index is 492. The molecule has 110 valence electrons. The molecule has 1 atom stereocenters. The van der Waals surface area contributed by atoms with Gasteiger partial charge in [-0.25, -0.2) is 18.1 Å². The third-order valence-electron chi connectivity index (χ3n) is 2.74. The van der Waals surface area contributed by atoms with Crippen LogP contribution in [-0.4, -0.2) is 49.4 Å². The lowest BCUT2D eigenvalue weighted by Crippen LogP contribution is -2.38. The summed E-state index contributed by atoms with van der Waals surface area (Å²) in [6, 6.07) is -0.466. The van der Waals surface area contributed by atoms with Crippen LogP contribution in [0.4, 0.5) is 0 Å². The molecule has 0 radical (unpaired) electrons. The Kier molecular flexibility index (Phi) is 5.92. The lowest BCUT2D eigenvalue weighted by molar-refractivity contribution is 0.158. The minimum atomic E-state index is -3.69. The smallest absolute Gasteiger partial charge is 0.259 e. The highest BCUT2D eigenvalue weighted by atomic mass is 32.2. The molecule has 1 aromatic rings. The zero-order chi connectivity index (χ0) is 14.5. The average Bonchev–Trinajstić information content (AvgIpc) is 2.71. The third-order valence-corrected chi connectivity index (χ3v) is 4.13. The molecule has 0 amide bonds. The van der Waals surface area contributed by atoms with Gasteiger partial charge in [0.25, 0.3) is 10.0 Å². The van der Waals surface area contributed by atoms with Gasteiger partial charge in [0.2, 0.25) is 0 Å². The van der Waals surface area contributed by atoms with E-state index in [9.17, 15) is 8.42 Å². The number of hydrogen-bond donors (Lipinski definition) is 2. The first kappa shape index (κ1) is 16.1. The number of nitrogens with zero attached hydrogens (tertiary/aromatic N) is 2. The highest BCUT2D eigenvalue weighted by Gasteiger charge is 2.23. The Labute approximate surface area is 113 Å². The maximum Gasteiger partial charge on any atom is 0.259 e. The lowest BCUT2D eigenvalue weighted by Gasteiger charge is -2.15. The fourth-order valence-electron chi connectivity index (χ4n) is 1.74. The van der Waals surface area contributed by atoms with Crippen molar-refractivity contribution in [3.8, 4) is 0 Å². The zero-order valence-electron chi connectivity index (χ0n) is 11.5. The first-order chi connectivity index (χ1) is 8.94. The SMILES string of the molecule is CCn1cc(S(=O)(=O)NC(CCO)COC)nc1C. The summed E-state index contributed by atoms with van der Waals surface area (Å²) in [5.74, 6) is 0.647. The van der Waals surface area contributed by atoms with Crippen LogP contribution >= 0.6 is 0 Å². The number of aromatic nitrogens is 2. The van der Waals surface area contributed by atoms with Crippen molar-refractivity contribution < 1.29 is 18.3 Å². The molecule has 0 saturated carbocycles. The van der Waals surface area contributed by atoms with E-state index in [-0.39, 0.29) is 18.2 Å². The van der Waals surface area contributed by atoms with Gasteiger partial charge in [0.05, 0.1) is 6.61 Å². The zero-order valence-corrected chi connectivity index (χ0v) is 12.3. The number of rotatable bonds is 8. The van der Waals surface area contributed by atoms with Gasteiger partial charge in [-0.15, -0.1) is 0 Å². The molecule has 1 rings (SSSR count). The Morgan fingerprint density at radius 2 is 2.26 bits per heavy atom. The van der Waals surface area contributed by atoms with E-state index in [1.807, 2.05) is 6.92 Å². The van der Waals surface area contributed by atoms with Gasteiger partial charge in [-0.2, -0.15) is 0 Å². The maximum atomic E-state index is 12.1. The summed E-state index contributed by atoms with van der Waals surface area (Å²) in [5.41, 5.74) is 0. The topological polar surface area (TPSA) is 93.5 Å². The van der Waals surface area contributed by atoms with E-state index >= 15 is 0 Å². The fraction of sp³-hybridized carbons (Fsp3) is 0.727. The second-order valence-corrected chi connectivity index (χ2v) is 5.86. The van der Waals surface area contributed by atoms with E-state index in [0.29, 0.717) is 18.8 Å². The van der Waals surface area contributed by atoms with Crippen LogP contribution in [0.1, 0.15) is 19.2 Å². The van der Waals surface area contributed by atoms with E-state index in [0.717, 1.165) is 0 Å². The number of ether oxygens (including phenoxy) is 1. The summed E-state index contributed by atoms with van der Waals surface area (Å²) in [6.07, 6.45) is 1.79. The molecule has 1 heterocycles. The van der Waals surface area contributed by atoms with Crippen LogP contribution in [0.3, 0.4) is 0 Å². The quantitative estimate of drug-likeness (QED) is 0.697. The van der Waals surface area contributed by atoms with Gasteiger partial charge in [-0.3, -0.25) is 0 Å². The van der Waals surface area contributed by atoms with E-state index in [1.54, 1.807) is 11.5 Å². The van der Waals surface area contributed by atoms with Crippen molar-refractivity contribution in [3.05, 3.63) is 12.0 Å². The van der Waals surface area contributed by atoms with Gasteiger partial charge in [0.1, 0.15) is 5.82 Å². The van der Waals surface area contributed by atoms with E-state index < -0.39 is 16.1 Å².